The molecule has 116 valence electrons. The van der Waals surface area contributed by atoms with Crippen LogP contribution < -0.4 is 15.2 Å². The highest BCUT2D eigenvalue weighted by molar-refractivity contribution is 7.46. The molecule has 3 aromatic rings. The Morgan fingerprint density at radius 2 is 1.04 bits per heavy atom. The number of pyridine rings is 1. The van der Waals surface area contributed by atoms with Gasteiger partial charge < -0.3 is 0 Å². The molecule has 0 spiro atoms. The highest BCUT2D eigenvalue weighted by Gasteiger charge is 2.17. The summed E-state index contributed by atoms with van der Waals surface area (Å²) in [6, 6.07) is 28.5. The van der Waals surface area contributed by atoms with E-state index in [0.29, 0.717) is 17.2 Å². The summed E-state index contributed by atoms with van der Waals surface area (Å²) in [5.74, 6) is 0. The smallest absolute Gasteiger partial charge is 0.196 e. The molecular formula is C20H24NP2+3. The molecule has 3 heteroatoms. The monoisotopic (exact) mass is 340 g/mol. The minimum atomic E-state index is 0.305. The maximum Gasteiger partial charge on any atom is 0.219 e. The Morgan fingerprint density at radius 1 is 0.609 bits per heavy atom. The minimum Gasteiger partial charge on any atom is -0.196 e. The average molecular weight is 340 g/mol. The summed E-state index contributed by atoms with van der Waals surface area (Å²) >= 11 is 0. The highest BCUT2D eigenvalue weighted by atomic mass is 31.1. The summed E-state index contributed by atoms with van der Waals surface area (Å²) in [4.78, 5) is 0. The third-order valence-electron chi connectivity index (χ3n) is 4.13. The van der Waals surface area contributed by atoms with Crippen LogP contribution in [0.1, 0.15) is 11.4 Å². The Kier molecular flexibility index (Phi) is 5.92. The molecule has 1 nitrogen and oxygen atoms in total. The van der Waals surface area contributed by atoms with Crippen LogP contribution in [0.4, 0.5) is 0 Å². The molecule has 0 amide bonds. The molecule has 1 heterocycles. The van der Waals surface area contributed by atoms with Gasteiger partial charge in [0, 0.05) is 29.3 Å². The van der Waals surface area contributed by atoms with E-state index in [1.807, 2.05) is 0 Å². The summed E-state index contributed by atoms with van der Waals surface area (Å²) in [5, 5.41) is 2.99. The second-order valence-corrected chi connectivity index (χ2v) is 8.67. The minimum absolute atomic E-state index is 0.305. The fraction of sp³-hybridized carbons (Fsp3) is 0.150. The van der Waals surface area contributed by atoms with Gasteiger partial charge in [-0.25, -0.2) is 0 Å². The summed E-state index contributed by atoms with van der Waals surface area (Å²) in [5.41, 5.74) is 2.91. The fourth-order valence-corrected chi connectivity index (χ4v) is 5.41. The zero-order valence-corrected chi connectivity index (χ0v) is 15.8. The summed E-state index contributed by atoms with van der Waals surface area (Å²) in [6.07, 6.45) is 2.35. The number of nitrogens with zero attached hydrogens (tertiary/aromatic N) is 1. The van der Waals surface area contributed by atoms with Crippen molar-refractivity contribution < 1.29 is 4.57 Å². The van der Waals surface area contributed by atoms with Crippen LogP contribution in [0.5, 0.6) is 0 Å². The van der Waals surface area contributed by atoms with Gasteiger partial charge in [0.1, 0.15) is 19.4 Å². The van der Waals surface area contributed by atoms with Crippen molar-refractivity contribution in [2.24, 2.45) is 7.05 Å². The van der Waals surface area contributed by atoms with Crippen molar-refractivity contribution in [3.05, 3.63) is 90.3 Å². The van der Waals surface area contributed by atoms with E-state index in [1.54, 1.807) is 0 Å². The van der Waals surface area contributed by atoms with E-state index in [9.17, 15) is 0 Å². The molecule has 0 fully saturated rings. The van der Waals surface area contributed by atoms with Crippen molar-refractivity contribution >= 4 is 27.8 Å². The van der Waals surface area contributed by atoms with Crippen LogP contribution in [-0.4, -0.2) is 0 Å². The normalized spacial score (nSPS) is 11.7. The van der Waals surface area contributed by atoms with Gasteiger partial charge in [0.2, 0.25) is 11.4 Å². The number of aromatic nitrogens is 1. The van der Waals surface area contributed by atoms with Gasteiger partial charge in [-0.15, -0.1) is 0 Å². The van der Waals surface area contributed by atoms with Crippen molar-refractivity contribution in [2.75, 3.05) is 0 Å². The van der Waals surface area contributed by atoms with Gasteiger partial charge in [-0.05, 0) is 30.3 Å². The highest BCUT2D eigenvalue weighted by Crippen LogP contribution is 2.19. The molecule has 3 rings (SSSR count). The maximum absolute atomic E-state index is 2.41. The first-order valence-electron chi connectivity index (χ1n) is 8.06. The van der Waals surface area contributed by atoms with Gasteiger partial charge >= 0.3 is 0 Å². The van der Waals surface area contributed by atoms with Crippen LogP contribution in [0, 0.1) is 0 Å². The lowest BCUT2D eigenvalue weighted by Crippen LogP contribution is -2.37. The van der Waals surface area contributed by atoms with Crippen molar-refractivity contribution in [3.63, 3.8) is 0 Å². The van der Waals surface area contributed by atoms with Gasteiger partial charge in [0.25, 0.3) is 0 Å². The van der Waals surface area contributed by atoms with Crippen LogP contribution in [0.2, 0.25) is 0 Å². The molecule has 0 saturated carbocycles. The zero-order valence-electron chi connectivity index (χ0n) is 13.5. The Hall–Kier alpha value is -1.55. The fourth-order valence-electron chi connectivity index (χ4n) is 2.71. The molecule has 0 aliphatic carbocycles. The first kappa shape index (κ1) is 16.3. The first-order chi connectivity index (χ1) is 11.3. The van der Waals surface area contributed by atoms with Gasteiger partial charge in [0.15, 0.2) is 0 Å². The third kappa shape index (κ3) is 4.71. The van der Waals surface area contributed by atoms with Gasteiger partial charge in [-0.3, -0.25) is 0 Å². The molecule has 0 aliphatic heterocycles. The van der Waals surface area contributed by atoms with Crippen LogP contribution in [-0.2, 0) is 19.4 Å². The molecular weight excluding hydrogens is 316 g/mol. The molecule has 0 N–H and O–H groups in total. The van der Waals surface area contributed by atoms with E-state index in [2.05, 4.69) is 90.5 Å². The number of hydrogen-bond donors (Lipinski definition) is 0. The molecule has 2 atom stereocenters. The number of benzene rings is 2. The topological polar surface area (TPSA) is 3.88 Å². The standard InChI is InChI=1S/C20H22NP2/c1-21-17(15-22-19-11-4-2-5-12-19)9-8-10-18(21)16-23-20-13-6-3-7-14-20/h2-14,22-23H,15-16H2,1H3/q+1/p+2. The number of hydrogen-bond acceptors (Lipinski definition) is 0. The van der Waals surface area contributed by atoms with E-state index in [4.69, 9.17) is 0 Å². The van der Waals surface area contributed by atoms with Crippen LogP contribution in [0.15, 0.2) is 78.9 Å². The SMILES string of the molecule is C[n+]1c(C[PH2+]c2ccccc2)cccc1C[PH2+]c1ccccc1. The summed E-state index contributed by atoms with van der Waals surface area (Å²) < 4.78 is 2.41. The summed E-state index contributed by atoms with van der Waals surface area (Å²) in [7, 11) is 2.83. The molecule has 2 aromatic carbocycles. The van der Waals surface area contributed by atoms with E-state index in [-0.39, 0.29) is 0 Å². The second-order valence-electron chi connectivity index (χ2n) is 5.71. The molecule has 0 bridgehead atoms. The van der Waals surface area contributed by atoms with Gasteiger partial charge in [-0.2, -0.15) is 4.57 Å². The van der Waals surface area contributed by atoms with E-state index < -0.39 is 0 Å². The Labute approximate surface area is 142 Å². The molecule has 2 unspecified atom stereocenters. The quantitative estimate of drug-likeness (QED) is 0.480. The Balaban J connectivity index is 1.66. The number of rotatable bonds is 6. The lowest BCUT2D eigenvalue weighted by atomic mass is 10.3. The van der Waals surface area contributed by atoms with Crippen molar-refractivity contribution in [1.29, 1.82) is 0 Å². The van der Waals surface area contributed by atoms with E-state index in [1.165, 1.54) is 34.3 Å². The van der Waals surface area contributed by atoms with Crippen LogP contribution in [0.25, 0.3) is 0 Å². The summed E-state index contributed by atoms with van der Waals surface area (Å²) in [6.45, 7) is 0. The maximum atomic E-state index is 2.41. The van der Waals surface area contributed by atoms with Crippen LogP contribution >= 0.6 is 17.2 Å². The van der Waals surface area contributed by atoms with Crippen LogP contribution in [0.3, 0.4) is 0 Å². The third-order valence-corrected chi connectivity index (χ3v) is 7.09. The largest absolute Gasteiger partial charge is 0.219 e. The van der Waals surface area contributed by atoms with E-state index in [0.717, 1.165) is 0 Å². The van der Waals surface area contributed by atoms with Crippen molar-refractivity contribution in [3.8, 4) is 0 Å². The van der Waals surface area contributed by atoms with E-state index >= 15 is 0 Å². The van der Waals surface area contributed by atoms with Gasteiger partial charge in [0.05, 0.1) is 10.6 Å². The molecule has 0 aliphatic rings. The molecule has 23 heavy (non-hydrogen) atoms. The molecule has 1 aromatic heterocycles. The zero-order chi connectivity index (χ0) is 15.9. The van der Waals surface area contributed by atoms with Crippen molar-refractivity contribution in [1.82, 2.24) is 0 Å². The lowest BCUT2D eigenvalue weighted by Gasteiger charge is -2.01. The predicted molar refractivity (Wildman–Crippen MR) is 107 cm³/mol. The van der Waals surface area contributed by atoms with Gasteiger partial charge in [-0.1, -0.05) is 36.4 Å². The first-order valence-corrected chi connectivity index (χ1v) is 10.8. The molecule has 0 saturated heterocycles. The van der Waals surface area contributed by atoms with Crippen molar-refractivity contribution in [2.45, 2.75) is 12.3 Å². The lowest BCUT2D eigenvalue weighted by molar-refractivity contribution is -0.684. The molecule has 0 radical (unpaired) electrons. The Bertz CT molecular complexity index is 680. The Morgan fingerprint density at radius 3 is 1.48 bits per heavy atom. The average Bonchev–Trinajstić information content (AvgIpc) is 2.61. The predicted octanol–water partition coefficient (Wildman–Crippen LogP) is 2.98. The second kappa shape index (κ2) is 8.34.